The molecule has 0 atom stereocenters. The number of unbranched alkanes of at least 4 members (excludes halogenated alkanes) is 1. The molecule has 27 heavy (non-hydrogen) atoms. The molecule has 0 spiro atoms. The van der Waals surface area contributed by atoms with Crippen LogP contribution in [0, 0.1) is 0 Å². The topological polar surface area (TPSA) is 66.0 Å². The van der Waals surface area contributed by atoms with Gasteiger partial charge in [-0.2, -0.15) is 0 Å². The zero-order chi connectivity index (χ0) is 19.7. The Bertz CT molecular complexity index is 534. The van der Waals surface area contributed by atoms with Gasteiger partial charge in [0.05, 0.1) is 0 Å². The fraction of sp³-hybridized carbons (Fsp3) is 0.619. The van der Waals surface area contributed by atoms with Gasteiger partial charge in [-0.15, -0.1) is 0 Å². The van der Waals surface area contributed by atoms with Crippen molar-refractivity contribution in [3.05, 3.63) is 35.9 Å². The summed E-state index contributed by atoms with van der Waals surface area (Å²) in [6, 6.07) is 10.0. The van der Waals surface area contributed by atoms with Crippen LogP contribution in [-0.2, 0) is 16.1 Å². The highest BCUT2D eigenvalue weighted by Gasteiger charge is 2.12. The van der Waals surface area contributed by atoms with Gasteiger partial charge < -0.3 is 20.3 Å². The molecule has 1 amide bonds. The van der Waals surface area contributed by atoms with Crippen LogP contribution in [0.2, 0.25) is 0 Å². The first-order valence-electron chi connectivity index (χ1n) is 10.1. The first-order valence-corrected chi connectivity index (χ1v) is 10.1. The van der Waals surface area contributed by atoms with Crippen LogP contribution in [0.25, 0.3) is 0 Å². The maximum absolute atomic E-state index is 12.5. The van der Waals surface area contributed by atoms with E-state index < -0.39 is 0 Å². The van der Waals surface area contributed by atoms with E-state index in [1.807, 2.05) is 49.1 Å². The van der Waals surface area contributed by atoms with Crippen LogP contribution in [0.15, 0.2) is 35.3 Å². The molecule has 2 N–H and O–H groups in total. The van der Waals surface area contributed by atoms with Crippen molar-refractivity contribution >= 4 is 11.9 Å². The van der Waals surface area contributed by atoms with E-state index in [0.717, 1.165) is 51.1 Å². The van der Waals surface area contributed by atoms with Crippen molar-refractivity contribution in [3.8, 4) is 0 Å². The zero-order valence-electron chi connectivity index (χ0n) is 17.2. The van der Waals surface area contributed by atoms with Gasteiger partial charge in [0, 0.05) is 39.4 Å². The van der Waals surface area contributed by atoms with E-state index in [0.29, 0.717) is 19.0 Å². The normalized spacial score (nSPS) is 11.3. The predicted octanol–water partition coefficient (Wildman–Crippen LogP) is 2.80. The van der Waals surface area contributed by atoms with Crippen LogP contribution in [-0.4, -0.2) is 56.2 Å². The van der Waals surface area contributed by atoms with E-state index in [1.54, 1.807) is 0 Å². The molecular formula is C21H36N4O2. The van der Waals surface area contributed by atoms with Crippen molar-refractivity contribution in [2.45, 2.75) is 46.6 Å². The monoisotopic (exact) mass is 376 g/mol. The minimum absolute atomic E-state index is 0.0291. The van der Waals surface area contributed by atoms with E-state index in [9.17, 15) is 4.79 Å². The van der Waals surface area contributed by atoms with Crippen molar-refractivity contribution < 1.29 is 9.53 Å². The predicted molar refractivity (Wildman–Crippen MR) is 112 cm³/mol. The zero-order valence-corrected chi connectivity index (χ0v) is 17.2. The lowest BCUT2D eigenvalue weighted by molar-refractivity contribution is -0.130. The SMILES string of the molecule is CCCCOCCCNC(=NCC(=O)N(CC)Cc1ccccc1)NCC. The summed E-state index contributed by atoms with van der Waals surface area (Å²) in [5.41, 5.74) is 1.13. The van der Waals surface area contributed by atoms with Gasteiger partial charge >= 0.3 is 0 Å². The molecule has 0 saturated heterocycles. The van der Waals surface area contributed by atoms with Crippen LogP contribution >= 0.6 is 0 Å². The Labute approximate surface area is 164 Å². The third-order valence-electron chi connectivity index (χ3n) is 4.07. The fourth-order valence-electron chi connectivity index (χ4n) is 2.50. The molecule has 1 aromatic rings. The molecule has 0 heterocycles. The van der Waals surface area contributed by atoms with E-state index in [1.165, 1.54) is 0 Å². The number of carbonyl (C=O) groups excluding carboxylic acids is 1. The number of nitrogens with one attached hydrogen (secondary N) is 2. The number of hydrogen-bond acceptors (Lipinski definition) is 3. The number of hydrogen-bond donors (Lipinski definition) is 2. The summed E-state index contributed by atoms with van der Waals surface area (Å²) in [7, 11) is 0. The quantitative estimate of drug-likeness (QED) is 0.316. The van der Waals surface area contributed by atoms with Gasteiger partial charge in [-0.25, -0.2) is 4.99 Å². The third-order valence-corrected chi connectivity index (χ3v) is 4.07. The first-order chi connectivity index (χ1) is 13.2. The van der Waals surface area contributed by atoms with E-state index in [4.69, 9.17) is 4.74 Å². The molecule has 152 valence electrons. The Kier molecular flexibility index (Phi) is 12.8. The second-order valence-corrected chi connectivity index (χ2v) is 6.33. The largest absolute Gasteiger partial charge is 0.381 e. The second kappa shape index (κ2) is 15.0. The second-order valence-electron chi connectivity index (χ2n) is 6.33. The minimum atomic E-state index is 0.0291. The lowest BCUT2D eigenvalue weighted by Gasteiger charge is -2.20. The number of nitrogens with zero attached hydrogens (tertiary/aromatic N) is 2. The average Bonchev–Trinajstić information content (AvgIpc) is 2.70. The van der Waals surface area contributed by atoms with E-state index in [2.05, 4.69) is 22.5 Å². The van der Waals surface area contributed by atoms with E-state index in [-0.39, 0.29) is 12.5 Å². The maximum atomic E-state index is 12.5. The van der Waals surface area contributed by atoms with Gasteiger partial charge in [0.1, 0.15) is 6.54 Å². The molecule has 6 heteroatoms. The summed E-state index contributed by atoms with van der Waals surface area (Å²) in [6.45, 7) is 10.7. The molecule has 0 unspecified atom stereocenters. The van der Waals surface area contributed by atoms with E-state index >= 15 is 0 Å². The number of benzene rings is 1. The number of likely N-dealkylation sites (N-methyl/N-ethyl adjacent to an activating group) is 1. The summed E-state index contributed by atoms with van der Waals surface area (Å²) in [6.07, 6.45) is 3.18. The molecule has 0 saturated carbocycles. The molecule has 0 aromatic heterocycles. The van der Waals surface area contributed by atoms with Crippen molar-refractivity contribution in [1.82, 2.24) is 15.5 Å². The molecule has 0 radical (unpaired) electrons. The Balaban J connectivity index is 2.41. The van der Waals surface area contributed by atoms with Crippen LogP contribution in [0.4, 0.5) is 0 Å². The summed E-state index contributed by atoms with van der Waals surface area (Å²) >= 11 is 0. The summed E-state index contributed by atoms with van der Waals surface area (Å²) in [5, 5.41) is 6.44. The molecular weight excluding hydrogens is 340 g/mol. The Hall–Kier alpha value is -2.08. The van der Waals surface area contributed by atoms with Crippen LogP contribution in [0.1, 0.15) is 45.6 Å². The maximum Gasteiger partial charge on any atom is 0.244 e. The summed E-state index contributed by atoms with van der Waals surface area (Å²) in [4.78, 5) is 18.8. The van der Waals surface area contributed by atoms with Crippen molar-refractivity contribution in [2.24, 2.45) is 4.99 Å². The highest BCUT2D eigenvalue weighted by Crippen LogP contribution is 2.04. The van der Waals surface area contributed by atoms with Crippen molar-refractivity contribution in [1.29, 1.82) is 0 Å². The molecule has 0 bridgehead atoms. The Morgan fingerprint density at radius 3 is 2.48 bits per heavy atom. The Morgan fingerprint density at radius 2 is 1.81 bits per heavy atom. The summed E-state index contributed by atoms with van der Waals surface area (Å²) < 4.78 is 5.56. The highest BCUT2D eigenvalue weighted by atomic mass is 16.5. The lowest BCUT2D eigenvalue weighted by Crippen LogP contribution is -2.39. The smallest absolute Gasteiger partial charge is 0.244 e. The number of rotatable bonds is 13. The van der Waals surface area contributed by atoms with Crippen molar-refractivity contribution in [2.75, 3.05) is 39.4 Å². The molecule has 0 fully saturated rings. The molecule has 6 nitrogen and oxygen atoms in total. The van der Waals surface area contributed by atoms with Gasteiger partial charge in [0.25, 0.3) is 0 Å². The lowest BCUT2D eigenvalue weighted by atomic mass is 10.2. The molecule has 0 aliphatic carbocycles. The van der Waals surface area contributed by atoms with Gasteiger partial charge in [-0.05, 0) is 32.3 Å². The van der Waals surface area contributed by atoms with Crippen LogP contribution < -0.4 is 10.6 Å². The number of guanidine groups is 1. The number of amides is 1. The Morgan fingerprint density at radius 1 is 1.07 bits per heavy atom. The first kappa shape index (κ1) is 23.0. The van der Waals surface area contributed by atoms with Gasteiger partial charge in [-0.1, -0.05) is 43.7 Å². The summed E-state index contributed by atoms with van der Waals surface area (Å²) in [5.74, 6) is 0.705. The third kappa shape index (κ3) is 10.6. The van der Waals surface area contributed by atoms with Crippen LogP contribution in [0.5, 0.6) is 0 Å². The fourth-order valence-corrected chi connectivity index (χ4v) is 2.50. The van der Waals surface area contributed by atoms with Crippen LogP contribution in [0.3, 0.4) is 0 Å². The van der Waals surface area contributed by atoms with Gasteiger partial charge in [0.15, 0.2) is 5.96 Å². The van der Waals surface area contributed by atoms with Crippen molar-refractivity contribution in [3.63, 3.8) is 0 Å². The molecule has 0 aliphatic rings. The standard InChI is InChI=1S/C21H36N4O2/c1-4-7-15-27-16-11-14-23-21(22-5-2)24-17-20(26)25(6-3)18-19-12-9-8-10-13-19/h8-10,12-13H,4-7,11,14-18H2,1-3H3,(H2,22,23,24). The van der Waals surface area contributed by atoms with Gasteiger partial charge in [-0.3, -0.25) is 4.79 Å². The molecule has 1 aromatic carbocycles. The van der Waals surface area contributed by atoms with Gasteiger partial charge in [0.2, 0.25) is 5.91 Å². The molecule has 1 rings (SSSR count). The number of aliphatic imine (C=N–C) groups is 1. The number of ether oxygens (including phenoxy) is 1. The average molecular weight is 377 g/mol. The highest BCUT2D eigenvalue weighted by molar-refractivity contribution is 5.84. The minimum Gasteiger partial charge on any atom is -0.381 e. The number of carbonyl (C=O) groups is 1. The molecule has 0 aliphatic heterocycles.